The zero-order valence-corrected chi connectivity index (χ0v) is 34.7. The van der Waals surface area contributed by atoms with Gasteiger partial charge >= 0.3 is 4.70 Å². The summed E-state index contributed by atoms with van der Waals surface area (Å²) in [6.45, 7) is 17.7. The number of carbonyl (C=O) groups excluding carboxylic acids is 1. The average molecular weight is 788 g/mol. The van der Waals surface area contributed by atoms with E-state index >= 15 is 0 Å². The van der Waals surface area contributed by atoms with Gasteiger partial charge in [-0.15, -0.1) is 0 Å². The van der Waals surface area contributed by atoms with Gasteiger partial charge in [-0.2, -0.15) is 0 Å². The summed E-state index contributed by atoms with van der Waals surface area (Å²) in [5.74, 6) is 2.11. The molecule has 0 aliphatic heterocycles. The highest BCUT2D eigenvalue weighted by atomic mass is 35.5. The third kappa shape index (κ3) is 13.3. The number of hydrogen-bond donors (Lipinski definition) is 5. The van der Waals surface area contributed by atoms with E-state index in [1.165, 1.54) is 23.1 Å². The topological polar surface area (TPSA) is 118 Å². The molecule has 0 heterocycles. The lowest BCUT2D eigenvalue weighted by molar-refractivity contribution is 0.127. The van der Waals surface area contributed by atoms with E-state index in [-0.39, 0.29) is 33.2 Å². The maximum absolute atomic E-state index is 9.67. The van der Waals surface area contributed by atoms with Crippen molar-refractivity contribution in [3.05, 3.63) is 149 Å². The van der Waals surface area contributed by atoms with Crippen molar-refractivity contribution in [2.24, 2.45) is 11.3 Å². The van der Waals surface area contributed by atoms with Crippen LogP contribution in [-0.4, -0.2) is 30.2 Å². The van der Waals surface area contributed by atoms with Crippen LogP contribution in [0.5, 0.6) is 28.7 Å². The van der Waals surface area contributed by atoms with Gasteiger partial charge in [0.2, 0.25) is 0 Å². The Morgan fingerprint density at radius 3 is 1.07 bits per heavy atom. The molecule has 1 aliphatic rings. The molecule has 1 aliphatic carbocycles. The van der Waals surface area contributed by atoms with Gasteiger partial charge in [0.25, 0.3) is 0 Å². The quantitative estimate of drug-likeness (QED) is 0.116. The van der Waals surface area contributed by atoms with Crippen LogP contribution in [0.25, 0.3) is 0 Å². The molecule has 0 bridgehead atoms. The van der Waals surface area contributed by atoms with Crippen LogP contribution >= 0.6 is 23.2 Å². The Kier molecular flexibility index (Phi) is 15.3. The molecule has 5 N–H and O–H groups in total. The predicted molar refractivity (Wildman–Crippen MR) is 226 cm³/mol. The van der Waals surface area contributed by atoms with Crippen molar-refractivity contribution >= 4 is 27.9 Å². The maximum Gasteiger partial charge on any atom is 0.313 e. The van der Waals surface area contributed by atoms with Crippen LogP contribution in [0, 0.1) is 11.3 Å². The van der Waals surface area contributed by atoms with E-state index < -0.39 is 4.70 Å². The summed E-state index contributed by atoms with van der Waals surface area (Å²) in [7, 11) is 0. The first-order valence-corrected chi connectivity index (χ1v) is 19.1. The summed E-state index contributed by atoms with van der Waals surface area (Å²) in [5.41, 5.74) is 6.21. The minimum atomic E-state index is -0.889. The van der Waals surface area contributed by atoms with E-state index in [4.69, 9.17) is 9.90 Å². The molecule has 8 heteroatoms. The van der Waals surface area contributed by atoms with E-state index in [0.29, 0.717) is 23.2 Å². The number of benzene rings is 5. The van der Waals surface area contributed by atoms with Gasteiger partial charge in [0, 0.05) is 10.8 Å². The highest BCUT2D eigenvalue weighted by Gasteiger charge is 2.45. The zero-order valence-electron chi connectivity index (χ0n) is 33.1. The Bertz CT molecular complexity index is 1830. The van der Waals surface area contributed by atoms with Gasteiger partial charge in [0.15, 0.2) is 0 Å². The van der Waals surface area contributed by atoms with Gasteiger partial charge in [-0.1, -0.05) is 116 Å². The Balaban J connectivity index is 0.000000223. The molecule has 55 heavy (non-hydrogen) atoms. The second-order valence-corrected chi connectivity index (χ2v) is 17.7. The normalized spacial score (nSPS) is 15.8. The lowest BCUT2D eigenvalue weighted by atomic mass is 9.55. The zero-order chi connectivity index (χ0) is 41.2. The number of phenolic OH excluding ortho intramolecular Hbond substituents is 5. The molecule has 0 saturated heterocycles. The lowest BCUT2D eigenvalue weighted by Gasteiger charge is -2.48. The third-order valence-corrected chi connectivity index (χ3v) is 10.1. The average Bonchev–Trinajstić information content (AvgIpc) is 3.08. The number of halogens is 2. The van der Waals surface area contributed by atoms with Crippen LogP contribution < -0.4 is 0 Å². The van der Waals surface area contributed by atoms with Gasteiger partial charge in [-0.05, 0) is 148 Å². The molecule has 1 unspecified atom stereocenters. The van der Waals surface area contributed by atoms with Gasteiger partial charge in [0.05, 0.1) is 0 Å². The molecular formula is C47H56Cl2O6. The maximum atomic E-state index is 9.67. The van der Waals surface area contributed by atoms with Crippen LogP contribution in [0.2, 0.25) is 0 Å². The number of phenols is 5. The molecule has 5 aromatic rings. The fourth-order valence-corrected chi connectivity index (χ4v) is 7.62. The van der Waals surface area contributed by atoms with Gasteiger partial charge in [0.1, 0.15) is 28.7 Å². The van der Waals surface area contributed by atoms with E-state index in [1.54, 1.807) is 60.7 Å². The fraction of sp³-hybridized carbons (Fsp3) is 0.340. The number of hydrogen-bond acceptors (Lipinski definition) is 6. The molecule has 1 fully saturated rings. The van der Waals surface area contributed by atoms with Gasteiger partial charge < -0.3 is 25.5 Å². The minimum absolute atomic E-state index is 0.0669. The SMILES string of the molecule is CC(C)(C)c1ccc(O)cc1.CC(C)(c1ccc(O)cc1)c1ccc(O)cc1.CC1CC(C)(C)CC(c2ccc(O)cc2)(c2ccc(O)cc2)C1.O=C(Cl)Cl. The Hall–Kier alpha value is -4.65. The molecular weight excluding hydrogens is 731 g/mol. The second-order valence-electron chi connectivity index (χ2n) is 16.8. The van der Waals surface area contributed by atoms with E-state index in [9.17, 15) is 20.4 Å². The molecule has 6 nitrogen and oxygen atoms in total. The number of aromatic hydroxyl groups is 5. The van der Waals surface area contributed by atoms with Crippen molar-refractivity contribution in [3.63, 3.8) is 0 Å². The number of carbonyl (C=O) groups is 1. The summed E-state index contributed by atoms with van der Waals surface area (Å²) in [4.78, 5) is 8.98. The fourth-order valence-electron chi connectivity index (χ4n) is 7.62. The molecule has 0 radical (unpaired) electrons. The summed E-state index contributed by atoms with van der Waals surface area (Å²) in [5, 5.41) is 47.0. The Labute approximate surface area is 337 Å². The van der Waals surface area contributed by atoms with E-state index in [0.717, 1.165) is 24.0 Å². The van der Waals surface area contributed by atoms with Crippen LogP contribution in [-0.2, 0) is 16.2 Å². The van der Waals surface area contributed by atoms with Crippen LogP contribution in [0.15, 0.2) is 121 Å². The van der Waals surface area contributed by atoms with Gasteiger partial charge in [-0.3, -0.25) is 4.79 Å². The van der Waals surface area contributed by atoms with Crippen molar-refractivity contribution in [2.45, 2.75) is 90.9 Å². The largest absolute Gasteiger partial charge is 0.508 e. The molecule has 6 rings (SSSR count). The molecule has 0 amide bonds. The summed E-state index contributed by atoms with van der Waals surface area (Å²) in [6, 6.07) is 37.1. The van der Waals surface area contributed by atoms with Crippen LogP contribution in [0.4, 0.5) is 4.79 Å². The van der Waals surface area contributed by atoms with E-state index in [1.807, 2.05) is 36.4 Å². The van der Waals surface area contributed by atoms with Crippen molar-refractivity contribution in [2.75, 3.05) is 0 Å². The summed E-state index contributed by atoms with van der Waals surface area (Å²) >= 11 is 8.80. The molecule has 5 aromatic carbocycles. The van der Waals surface area contributed by atoms with Gasteiger partial charge in [-0.25, -0.2) is 0 Å². The first-order chi connectivity index (χ1) is 25.5. The predicted octanol–water partition coefficient (Wildman–Crippen LogP) is 12.9. The van der Waals surface area contributed by atoms with Crippen molar-refractivity contribution in [1.82, 2.24) is 0 Å². The molecule has 1 atom stereocenters. The first-order valence-electron chi connectivity index (χ1n) is 18.4. The smallest absolute Gasteiger partial charge is 0.313 e. The Morgan fingerprint density at radius 1 is 0.527 bits per heavy atom. The monoisotopic (exact) mass is 786 g/mol. The second kappa shape index (κ2) is 18.8. The molecule has 0 aromatic heterocycles. The minimum Gasteiger partial charge on any atom is -0.508 e. The highest BCUT2D eigenvalue weighted by Crippen LogP contribution is 2.53. The van der Waals surface area contributed by atoms with Crippen molar-refractivity contribution < 1.29 is 30.3 Å². The molecule has 294 valence electrons. The first kappa shape index (κ1) is 44.7. The number of rotatable bonds is 4. The van der Waals surface area contributed by atoms with Crippen molar-refractivity contribution in [3.8, 4) is 28.7 Å². The van der Waals surface area contributed by atoms with Crippen LogP contribution in [0.3, 0.4) is 0 Å². The van der Waals surface area contributed by atoms with E-state index in [2.05, 4.69) is 103 Å². The highest BCUT2D eigenvalue weighted by molar-refractivity contribution is 6.93. The molecule has 0 spiro atoms. The molecule has 1 saturated carbocycles. The lowest BCUT2D eigenvalue weighted by Crippen LogP contribution is -2.41. The van der Waals surface area contributed by atoms with Crippen LogP contribution in [0.1, 0.15) is 102 Å². The standard InChI is InChI=1S/C21H26O2.C15H16O2.C10H14O.CCl2O/c1-15-12-20(2,3)14-21(13-15,16-4-8-18(22)9-5-16)17-6-10-19(23)11-7-17;1-15(2,11-3-7-13(16)8-4-11)12-5-9-14(17)10-6-12;1-10(2,3)8-4-6-9(11)7-5-8;2-1(3)4/h4-11,15,22-23H,12-14H2,1-3H3;3-10,16-17H,1-2H3;4-7,11H,1-3H3;. The Morgan fingerprint density at radius 2 is 0.800 bits per heavy atom. The summed E-state index contributed by atoms with van der Waals surface area (Å²) < 4.78 is -0.889. The third-order valence-electron chi connectivity index (χ3n) is 10.1. The van der Waals surface area contributed by atoms with Crippen molar-refractivity contribution in [1.29, 1.82) is 0 Å². The summed E-state index contributed by atoms with van der Waals surface area (Å²) in [6.07, 6.45) is 3.39.